The summed E-state index contributed by atoms with van der Waals surface area (Å²) in [5.41, 5.74) is 0.674. The highest BCUT2D eigenvalue weighted by Gasteiger charge is 2.32. The Balaban J connectivity index is 2.05. The number of carbonyl (C=O) groups is 2. The molecular formula is C12H13IN2O3S. The first-order valence-electron chi connectivity index (χ1n) is 5.71. The van der Waals surface area contributed by atoms with Crippen molar-refractivity contribution in [3.8, 4) is 0 Å². The van der Waals surface area contributed by atoms with Gasteiger partial charge in [-0.1, -0.05) is 0 Å². The quantitative estimate of drug-likeness (QED) is 0.759. The molecule has 5 nitrogen and oxygen atoms in total. The van der Waals surface area contributed by atoms with E-state index in [1.54, 1.807) is 23.9 Å². The Morgan fingerprint density at radius 1 is 1.37 bits per heavy atom. The summed E-state index contributed by atoms with van der Waals surface area (Å²) in [6, 6.07) is 6.27. The van der Waals surface area contributed by atoms with Crippen LogP contribution >= 0.6 is 34.4 Å². The van der Waals surface area contributed by atoms with Crippen LogP contribution < -0.4 is 5.32 Å². The third-order valence-corrected chi connectivity index (χ3v) is 4.51. The zero-order valence-electron chi connectivity index (χ0n) is 10.0. The summed E-state index contributed by atoms with van der Waals surface area (Å²) >= 11 is 3.74. The van der Waals surface area contributed by atoms with Crippen molar-refractivity contribution in [3.63, 3.8) is 0 Å². The molecule has 0 bridgehead atoms. The van der Waals surface area contributed by atoms with Gasteiger partial charge < -0.3 is 15.3 Å². The molecule has 0 radical (unpaired) electrons. The first-order valence-corrected chi connectivity index (χ1v) is 7.95. The van der Waals surface area contributed by atoms with Gasteiger partial charge >= 0.3 is 12.0 Å². The number of carboxylic acids is 1. The van der Waals surface area contributed by atoms with Gasteiger partial charge in [-0.2, -0.15) is 11.8 Å². The number of carbonyl (C=O) groups excluding carboxylic acids is 1. The van der Waals surface area contributed by atoms with E-state index in [0.717, 1.165) is 9.32 Å². The lowest BCUT2D eigenvalue weighted by molar-refractivity contribution is -0.141. The number of thioether (sulfide) groups is 1. The predicted molar refractivity (Wildman–Crippen MR) is 83.6 cm³/mol. The lowest BCUT2D eigenvalue weighted by atomic mass is 10.3. The Hall–Kier alpha value is -0.960. The topological polar surface area (TPSA) is 69.6 Å². The van der Waals surface area contributed by atoms with Crippen LogP contribution in [-0.4, -0.2) is 46.1 Å². The fourth-order valence-corrected chi connectivity index (χ4v) is 3.18. The molecule has 1 heterocycles. The van der Waals surface area contributed by atoms with Gasteiger partial charge in [0.2, 0.25) is 0 Å². The van der Waals surface area contributed by atoms with Crippen LogP contribution in [-0.2, 0) is 4.79 Å². The molecule has 1 atom stereocenters. The fraction of sp³-hybridized carbons (Fsp3) is 0.333. The number of benzene rings is 1. The van der Waals surface area contributed by atoms with Gasteiger partial charge in [-0.25, -0.2) is 9.59 Å². The number of amides is 2. The molecular weight excluding hydrogens is 379 g/mol. The zero-order chi connectivity index (χ0) is 13.8. The van der Waals surface area contributed by atoms with Crippen LogP contribution in [0, 0.1) is 3.57 Å². The molecule has 1 aliphatic heterocycles. The van der Waals surface area contributed by atoms with Gasteiger partial charge in [-0.3, -0.25) is 0 Å². The molecule has 1 saturated heterocycles. The minimum Gasteiger partial charge on any atom is -0.480 e. The van der Waals surface area contributed by atoms with Crippen molar-refractivity contribution in [3.05, 3.63) is 27.8 Å². The number of halogens is 1. The van der Waals surface area contributed by atoms with Gasteiger partial charge in [0.05, 0.1) is 0 Å². The van der Waals surface area contributed by atoms with Crippen LogP contribution in [0.5, 0.6) is 0 Å². The zero-order valence-corrected chi connectivity index (χ0v) is 13.0. The van der Waals surface area contributed by atoms with Crippen molar-refractivity contribution in [2.45, 2.75) is 6.04 Å². The van der Waals surface area contributed by atoms with Crippen molar-refractivity contribution in [1.29, 1.82) is 0 Å². The van der Waals surface area contributed by atoms with Crippen molar-refractivity contribution in [2.24, 2.45) is 0 Å². The average molecular weight is 392 g/mol. The lowest BCUT2D eigenvalue weighted by Crippen LogP contribution is -2.51. The van der Waals surface area contributed by atoms with Crippen LogP contribution in [0.25, 0.3) is 0 Å². The molecule has 0 spiro atoms. The molecule has 1 aromatic rings. The highest BCUT2D eigenvalue weighted by atomic mass is 127. The number of carboxylic acid groups (broad SMARTS) is 1. The molecule has 1 aliphatic rings. The molecule has 0 aromatic heterocycles. The first-order chi connectivity index (χ1) is 9.08. The van der Waals surface area contributed by atoms with E-state index >= 15 is 0 Å². The molecule has 2 amide bonds. The van der Waals surface area contributed by atoms with Crippen LogP contribution in [0.15, 0.2) is 24.3 Å². The van der Waals surface area contributed by atoms with Gasteiger partial charge in [0, 0.05) is 27.3 Å². The van der Waals surface area contributed by atoms with E-state index in [2.05, 4.69) is 27.9 Å². The van der Waals surface area contributed by atoms with E-state index in [-0.39, 0.29) is 6.03 Å². The monoisotopic (exact) mass is 392 g/mol. The Kier molecular flexibility index (Phi) is 4.92. The average Bonchev–Trinajstić information content (AvgIpc) is 2.41. The van der Waals surface area contributed by atoms with Gasteiger partial charge in [0.25, 0.3) is 0 Å². The number of nitrogens with one attached hydrogen (secondary N) is 1. The third-order valence-electron chi connectivity index (χ3n) is 2.77. The van der Waals surface area contributed by atoms with E-state index in [1.165, 1.54) is 4.90 Å². The SMILES string of the molecule is O=C(O)C1CSCCN1C(=O)Nc1ccc(I)cc1. The Morgan fingerprint density at radius 2 is 2.05 bits per heavy atom. The summed E-state index contributed by atoms with van der Waals surface area (Å²) in [4.78, 5) is 24.6. The smallest absolute Gasteiger partial charge is 0.327 e. The molecule has 1 aromatic carbocycles. The number of anilines is 1. The van der Waals surface area contributed by atoms with Gasteiger partial charge in [-0.15, -0.1) is 0 Å². The summed E-state index contributed by atoms with van der Waals surface area (Å²) in [7, 11) is 0. The number of aliphatic carboxylic acids is 1. The van der Waals surface area contributed by atoms with E-state index < -0.39 is 12.0 Å². The number of hydrogen-bond donors (Lipinski definition) is 2. The molecule has 19 heavy (non-hydrogen) atoms. The second-order valence-electron chi connectivity index (χ2n) is 4.06. The molecule has 7 heteroatoms. The van der Waals surface area contributed by atoms with E-state index in [9.17, 15) is 9.59 Å². The predicted octanol–water partition coefficient (Wildman–Crippen LogP) is 2.33. The summed E-state index contributed by atoms with van der Waals surface area (Å²) in [6.45, 7) is 0.456. The van der Waals surface area contributed by atoms with Crippen molar-refractivity contribution >= 4 is 52.0 Å². The van der Waals surface area contributed by atoms with Crippen LogP contribution in [0.4, 0.5) is 10.5 Å². The number of hydrogen-bond acceptors (Lipinski definition) is 3. The highest BCUT2D eigenvalue weighted by Crippen LogP contribution is 2.18. The highest BCUT2D eigenvalue weighted by molar-refractivity contribution is 14.1. The Morgan fingerprint density at radius 3 is 2.68 bits per heavy atom. The van der Waals surface area contributed by atoms with E-state index in [1.807, 2.05) is 12.1 Å². The number of nitrogens with zero attached hydrogens (tertiary/aromatic N) is 1. The second-order valence-corrected chi connectivity index (χ2v) is 6.45. The van der Waals surface area contributed by atoms with Crippen molar-refractivity contribution in [1.82, 2.24) is 4.90 Å². The molecule has 2 rings (SSSR count). The maximum Gasteiger partial charge on any atom is 0.327 e. The normalized spacial score (nSPS) is 19.0. The summed E-state index contributed by atoms with van der Waals surface area (Å²) in [5, 5.41) is 11.9. The minimum atomic E-state index is -0.954. The Labute approximate surface area is 128 Å². The number of urea groups is 1. The van der Waals surface area contributed by atoms with Gasteiger partial charge in [-0.05, 0) is 46.9 Å². The number of rotatable bonds is 2. The maximum atomic E-state index is 12.1. The van der Waals surface area contributed by atoms with Crippen LogP contribution in [0.3, 0.4) is 0 Å². The van der Waals surface area contributed by atoms with E-state index in [0.29, 0.717) is 18.0 Å². The summed E-state index contributed by atoms with van der Waals surface area (Å²) in [6.07, 6.45) is 0. The standard InChI is InChI=1S/C12H13IN2O3S/c13-8-1-3-9(4-2-8)14-12(18)15-5-6-19-7-10(15)11(16)17/h1-4,10H,5-7H2,(H,14,18)(H,16,17). The third kappa shape index (κ3) is 3.75. The fourth-order valence-electron chi connectivity index (χ4n) is 1.78. The molecule has 2 N–H and O–H groups in total. The molecule has 0 aliphatic carbocycles. The Bertz CT molecular complexity index is 480. The van der Waals surface area contributed by atoms with Crippen LogP contribution in [0.1, 0.15) is 0 Å². The van der Waals surface area contributed by atoms with Gasteiger partial charge in [0.15, 0.2) is 0 Å². The second kappa shape index (κ2) is 6.47. The molecule has 102 valence electrons. The maximum absolute atomic E-state index is 12.1. The van der Waals surface area contributed by atoms with Gasteiger partial charge in [0.1, 0.15) is 6.04 Å². The van der Waals surface area contributed by atoms with Crippen molar-refractivity contribution in [2.75, 3.05) is 23.4 Å². The minimum absolute atomic E-state index is 0.353. The summed E-state index contributed by atoms with van der Waals surface area (Å²) in [5.74, 6) is 0.254. The molecule has 1 unspecified atom stereocenters. The molecule has 0 saturated carbocycles. The lowest BCUT2D eigenvalue weighted by Gasteiger charge is -2.32. The first kappa shape index (κ1) is 14.4. The summed E-state index contributed by atoms with van der Waals surface area (Å²) < 4.78 is 1.08. The van der Waals surface area contributed by atoms with Crippen molar-refractivity contribution < 1.29 is 14.7 Å². The molecule has 1 fully saturated rings. The van der Waals surface area contributed by atoms with Crippen LogP contribution in [0.2, 0.25) is 0 Å². The van der Waals surface area contributed by atoms with E-state index in [4.69, 9.17) is 5.11 Å². The largest absolute Gasteiger partial charge is 0.480 e.